The van der Waals surface area contributed by atoms with Crippen LogP contribution in [0.4, 0.5) is 0 Å². The number of ether oxygens (including phenoxy) is 4. The Labute approximate surface area is 303 Å². The van der Waals surface area contributed by atoms with E-state index in [1.54, 1.807) is 0 Å². The van der Waals surface area contributed by atoms with Crippen molar-refractivity contribution in [3.63, 3.8) is 0 Å². The zero-order chi connectivity index (χ0) is 36.1. The quantitative estimate of drug-likeness (QED) is 0.0322. The molecule has 3 N–H and O–H groups in total. The molecule has 1 aromatic rings. The molecular weight excluding hydrogens is 632 g/mol. The number of carbonyl (C=O) groups excluding carboxylic acids is 2. The van der Waals surface area contributed by atoms with Crippen molar-refractivity contribution in [3.8, 4) is 5.75 Å². The third-order valence-electron chi connectivity index (χ3n) is 9.22. The van der Waals surface area contributed by atoms with Gasteiger partial charge in [-0.3, -0.25) is 4.90 Å². The van der Waals surface area contributed by atoms with E-state index in [-0.39, 0.29) is 11.7 Å². The Morgan fingerprint density at radius 1 is 0.760 bits per heavy atom. The standard InChI is InChI=1S/C40H70N4O6/c1-5-8-10-12-14-16-18-20-37(34-45)50-40(48-7-3,25-19-17-15-13-11-9-6-2)49-36-23-21-35(22-24-36)38(39(46)47-4)44-32-30-42-28-26-41-27-29-43-31-33-44/h21-24,38,41-43H,5-20,25-33H2,1-4H3. The molecule has 1 aromatic carbocycles. The largest absolute Gasteiger partial charge is 0.468 e. The number of hydrogen-bond acceptors (Lipinski definition) is 10. The fourth-order valence-electron chi connectivity index (χ4n) is 6.37. The van der Waals surface area contributed by atoms with Gasteiger partial charge >= 0.3 is 11.9 Å². The van der Waals surface area contributed by atoms with Gasteiger partial charge in [0, 0.05) is 58.8 Å². The minimum Gasteiger partial charge on any atom is -0.468 e. The van der Waals surface area contributed by atoms with Crippen molar-refractivity contribution in [2.24, 2.45) is 0 Å². The maximum Gasteiger partial charge on any atom is 0.371 e. The lowest BCUT2D eigenvalue weighted by atomic mass is 10.0. The number of unbranched alkanes of at least 4 members (excludes halogenated alkanes) is 12. The molecule has 0 spiro atoms. The molecule has 0 amide bonds. The summed E-state index contributed by atoms with van der Waals surface area (Å²) in [5.41, 5.74) is 0.820. The number of benzene rings is 1. The van der Waals surface area contributed by atoms with Crippen molar-refractivity contribution in [2.75, 3.05) is 66.1 Å². The summed E-state index contributed by atoms with van der Waals surface area (Å²) in [4.78, 5) is 27.5. The molecule has 1 aliphatic rings. The molecule has 1 saturated heterocycles. The molecule has 1 aliphatic heterocycles. The first-order valence-electron chi connectivity index (χ1n) is 19.8. The normalized spacial score (nSPS) is 16.6. The van der Waals surface area contributed by atoms with Gasteiger partial charge in [-0.15, -0.1) is 0 Å². The molecule has 10 heteroatoms. The summed E-state index contributed by atoms with van der Waals surface area (Å²) in [6.45, 7) is 13.2. The maximum atomic E-state index is 13.2. The van der Waals surface area contributed by atoms with Gasteiger partial charge in [0.05, 0.1) is 20.1 Å². The number of allylic oxidation sites excluding steroid dienone is 1. The van der Waals surface area contributed by atoms with Crippen molar-refractivity contribution >= 4 is 11.9 Å². The van der Waals surface area contributed by atoms with E-state index in [2.05, 4.69) is 40.6 Å². The van der Waals surface area contributed by atoms with Gasteiger partial charge in [0.25, 0.3) is 0 Å². The summed E-state index contributed by atoms with van der Waals surface area (Å²) in [6.07, 6.45) is 16.9. The summed E-state index contributed by atoms with van der Waals surface area (Å²) in [5, 5.41) is 10.4. The van der Waals surface area contributed by atoms with Crippen LogP contribution >= 0.6 is 0 Å². The fraction of sp³-hybridized carbons (Fsp3) is 0.775. The number of nitrogens with one attached hydrogen (secondary N) is 3. The van der Waals surface area contributed by atoms with Crippen LogP contribution in [0.2, 0.25) is 0 Å². The summed E-state index contributed by atoms with van der Waals surface area (Å²) < 4.78 is 24.5. The molecule has 0 bridgehead atoms. The zero-order valence-electron chi connectivity index (χ0n) is 32.0. The number of rotatable bonds is 25. The van der Waals surface area contributed by atoms with Gasteiger partial charge in [0.2, 0.25) is 0 Å². The fourth-order valence-corrected chi connectivity index (χ4v) is 6.37. The van der Waals surface area contributed by atoms with Crippen LogP contribution in [0.3, 0.4) is 0 Å². The summed E-state index contributed by atoms with van der Waals surface area (Å²) in [6, 6.07) is 6.97. The molecule has 1 heterocycles. The predicted octanol–water partition coefficient (Wildman–Crippen LogP) is 7.07. The van der Waals surface area contributed by atoms with E-state index in [9.17, 15) is 9.59 Å². The first kappa shape index (κ1) is 43.7. The Balaban J connectivity index is 2.23. The molecule has 0 saturated carbocycles. The van der Waals surface area contributed by atoms with Crippen LogP contribution in [0, 0.1) is 0 Å². The molecule has 50 heavy (non-hydrogen) atoms. The Hall–Kier alpha value is -2.46. The number of esters is 1. The molecule has 286 valence electrons. The smallest absolute Gasteiger partial charge is 0.371 e. The highest BCUT2D eigenvalue weighted by molar-refractivity contribution is 5.77. The highest BCUT2D eigenvalue weighted by Crippen LogP contribution is 2.32. The van der Waals surface area contributed by atoms with E-state index < -0.39 is 12.0 Å². The Bertz CT molecular complexity index is 1040. The molecule has 0 aromatic heterocycles. The monoisotopic (exact) mass is 703 g/mol. The van der Waals surface area contributed by atoms with Crippen molar-refractivity contribution in [3.05, 3.63) is 35.6 Å². The summed E-state index contributed by atoms with van der Waals surface area (Å²) in [5.74, 6) is 1.09. The molecule has 2 rings (SSSR count). The third-order valence-corrected chi connectivity index (χ3v) is 9.22. The van der Waals surface area contributed by atoms with Gasteiger partial charge in [-0.2, -0.15) is 0 Å². The van der Waals surface area contributed by atoms with E-state index in [1.165, 1.54) is 58.5 Å². The zero-order valence-corrected chi connectivity index (χ0v) is 32.0. The molecule has 2 atom stereocenters. The minimum absolute atomic E-state index is 0.241. The van der Waals surface area contributed by atoms with Crippen LogP contribution in [-0.4, -0.2) is 88.9 Å². The lowest BCUT2D eigenvalue weighted by Crippen LogP contribution is -2.45. The van der Waals surface area contributed by atoms with Gasteiger partial charge < -0.3 is 34.9 Å². The van der Waals surface area contributed by atoms with Crippen LogP contribution in [-0.2, 0) is 23.8 Å². The molecule has 10 nitrogen and oxygen atoms in total. The number of methoxy groups -OCH3 is 1. The minimum atomic E-state index is -1.45. The van der Waals surface area contributed by atoms with E-state index >= 15 is 0 Å². The van der Waals surface area contributed by atoms with E-state index in [0.29, 0.717) is 38.3 Å². The Morgan fingerprint density at radius 3 is 1.80 bits per heavy atom. The second-order valence-corrected chi connectivity index (χ2v) is 13.4. The lowest BCUT2D eigenvalue weighted by molar-refractivity contribution is -0.329. The van der Waals surface area contributed by atoms with E-state index in [0.717, 1.165) is 83.4 Å². The first-order valence-corrected chi connectivity index (χ1v) is 19.8. The van der Waals surface area contributed by atoms with Crippen LogP contribution < -0.4 is 20.7 Å². The second kappa shape index (κ2) is 28.2. The number of carbonyl (C=O) groups is 1. The molecular formula is C40H70N4O6. The third kappa shape index (κ3) is 18.2. The highest BCUT2D eigenvalue weighted by Gasteiger charge is 2.37. The van der Waals surface area contributed by atoms with Crippen molar-refractivity contribution in [2.45, 2.75) is 136 Å². The predicted molar refractivity (Wildman–Crippen MR) is 202 cm³/mol. The number of hydrogen-bond donors (Lipinski definition) is 3. The Kier molecular flexibility index (Phi) is 24.6. The van der Waals surface area contributed by atoms with Gasteiger partial charge in [0.1, 0.15) is 11.8 Å². The average Bonchev–Trinajstić information content (AvgIpc) is 3.12. The average molecular weight is 703 g/mol. The highest BCUT2D eigenvalue weighted by atomic mass is 16.9. The van der Waals surface area contributed by atoms with Gasteiger partial charge in [-0.05, 0) is 37.5 Å². The summed E-state index contributed by atoms with van der Waals surface area (Å²) >= 11 is 0. The SMILES string of the molecule is CCCCCCCCCC(=C=O)OC(CCCCCCCCC)(OCC)Oc1ccc(C(C(=O)OC)N2CCNCCNCCNCC2)cc1. The number of nitrogens with zero attached hydrogens (tertiary/aromatic N) is 1. The molecule has 2 unspecified atom stereocenters. The van der Waals surface area contributed by atoms with Crippen LogP contribution in [0.5, 0.6) is 5.75 Å². The van der Waals surface area contributed by atoms with Crippen molar-refractivity contribution < 1.29 is 28.5 Å². The van der Waals surface area contributed by atoms with Crippen LogP contribution in [0.1, 0.15) is 135 Å². The molecule has 0 aliphatic carbocycles. The van der Waals surface area contributed by atoms with Gasteiger partial charge in [-0.1, -0.05) is 103 Å². The van der Waals surface area contributed by atoms with E-state index in [4.69, 9.17) is 18.9 Å². The van der Waals surface area contributed by atoms with E-state index in [1.807, 2.05) is 31.2 Å². The first-order chi connectivity index (χ1) is 24.5. The molecule has 1 fully saturated rings. The topological polar surface area (TPSA) is 110 Å². The maximum absolute atomic E-state index is 13.2. The lowest BCUT2D eigenvalue weighted by Gasteiger charge is -2.34. The van der Waals surface area contributed by atoms with Gasteiger partial charge in [0.15, 0.2) is 11.7 Å². The van der Waals surface area contributed by atoms with Crippen molar-refractivity contribution in [1.82, 2.24) is 20.9 Å². The van der Waals surface area contributed by atoms with Gasteiger partial charge in [-0.25, -0.2) is 9.59 Å². The molecule has 0 radical (unpaired) electrons. The van der Waals surface area contributed by atoms with Crippen LogP contribution in [0.25, 0.3) is 0 Å². The summed E-state index contributed by atoms with van der Waals surface area (Å²) in [7, 11) is 1.44. The Morgan fingerprint density at radius 2 is 1.28 bits per heavy atom. The second-order valence-electron chi connectivity index (χ2n) is 13.4. The van der Waals surface area contributed by atoms with Crippen LogP contribution in [0.15, 0.2) is 30.0 Å². The van der Waals surface area contributed by atoms with Crippen molar-refractivity contribution in [1.29, 1.82) is 0 Å².